The van der Waals surface area contributed by atoms with Gasteiger partial charge >= 0.3 is 0 Å². The van der Waals surface area contributed by atoms with E-state index in [0.717, 1.165) is 41.3 Å². The molecule has 4 aromatic rings. The molecule has 0 radical (unpaired) electrons. The zero-order valence-electron chi connectivity index (χ0n) is 26.7. The lowest BCUT2D eigenvalue weighted by atomic mass is 9.97. The zero-order valence-corrected chi connectivity index (χ0v) is 26.7. The Morgan fingerprint density at radius 2 is 1.59 bits per heavy atom. The Hall–Kier alpha value is -4.63. The molecule has 46 heavy (non-hydrogen) atoms. The van der Waals surface area contributed by atoms with Gasteiger partial charge in [-0.15, -0.1) is 0 Å². The summed E-state index contributed by atoms with van der Waals surface area (Å²) in [5.74, 6) is -1.48. The maximum atomic E-state index is 14.1. The van der Waals surface area contributed by atoms with Crippen LogP contribution in [-0.4, -0.2) is 53.0 Å². The van der Waals surface area contributed by atoms with Gasteiger partial charge < -0.3 is 20.1 Å². The topological polar surface area (TPSA) is 91.8 Å². The lowest BCUT2D eigenvalue weighted by Gasteiger charge is -2.25. The van der Waals surface area contributed by atoms with Gasteiger partial charge in [0.25, 0.3) is 11.8 Å². The third kappa shape index (κ3) is 9.20. The van der Waals surface area contributed by atoms with Crippen molar-refractivity contribution in [2.24, 2.45) is 0 Å². The van der Waals surface area contributed by atoms with E-state index >= 15 is 0 Å². The monoisotopic (exact) mass is 629 g/mol. The molecule has 1 aromatic heterocycles. The summed E-state index contributed by atoms with van der Waals surface area (Å²) in [6.45, 7) is 7.02. The highest BCUT2D eigenvalue weighted by molar-refractivity contribution is 6.00. The largest absolute Gasteiger partial charge is 0.497 e. The van der Waals surface area contributed by atoms with Gasteiger partial charge in [-0.3, -0.25) is 14.6 Å². The summed E-state index contributed by atoms with van der Waals surface area (Å²) in [6.07, 6.45) is 2.47. The van der Waals surface area contributed by atoms with Crippen molar-refractivity contribution in [1.82, 2.24) is 15.2 Å². The van der Waals surface area contributed by atoms with Crippen molar-refractivity contribution in [3.8, 4) is 5.75 Å². The molecule has 1 unspecified atom stereocenters. The number of halogens is 2. The average Bonchev–Trinajstić information content (AvgIpc) is 3.03. The van der Waals surface area contributed by atoms with Gasteiger partial charge in [0.15, 0.2) is 0 Å². The molecular weight excluding hydrogens is 588 g/mol. The standard InChI is InChI=1S/C37H41F2N3O4/c1-5-12-42(13-6-2)37(45)29-15-24(3)14-28(21-29)36(44)41-34(20-27-17-30(38)22-31(39)18-27)35(43)33-11-10-26(23-40-33)16-25-8-7-9-32(19-25)46-4/h7-11,14-15,17-19,21-23,34-35,43H,5-6,12-13,16,20H2,1-4H3,(H,41,44)/t34-,35?/m0/s1. The number of rotatable bonds is 14. The minimum absolute atomic E-state index is 0.0762. The minimum Gasteiger partial charge on any atom is -0.497 e. The first kappa shape index (κ1) is 34.2. The Morgan fingerprint density at radius 1 is 0.891 bits per heavy atom. The summed E-state index contributed by atoms with van der Waals surface area (Å²) in [6, 6.07) is 18.2. The number of aromatic nitrogens is 1. The fourth-order valence-corrected chi connectivity index (χ4v) is 5.49. The molecule has 0 aliphatic carbocycles. The van der Waals surface area contributed by atoms with Gasteiger partial charge in [-0.25, -0.2) is 8.78 Å². The van der Waals surface area contributed by atoms with Crippen LogP contribution in [0, 0.1) is 18.6 Å². The Bertz CT molecular complexity index is 1620. The first-order valence-corrected chi connectivity index (χ1v) is 15.5. The summed E-state index contributed by atoms with van der Waals surface area (Å²) >= 11 is 0. The molecule has 2 atom stereocenters. The van der Waals surface area contributed by atoms with Crippen LogP contribution < -0.4 is 10.1 Å². The normalized spacial score (nSPS) is 12.3. The van der Waals surface area contributed by atoms with Gasteiger partial charge in [-0.1, -0.05) is 32.0 Å². The lowest BCUT2D eigenvalue weighted by molar-refractivity contribution is 0.0755. The number of pyridine rings is 1. The van der Waals surface area contributed by atoms with E-state index in [2.05, 4.69) is 10.3 Å². The van der Waals surface area contributed by atoms with E-state index in [1.165, 1.54) is 12.1 Å². The number of carbonyl (C=O) groups is 2. The minimum atomic E-state index is -1.31. The maximum absolute atomic E-state index is 14.1. The van der Waals surface area contributed by atoms with Gasteiger partial charge in [0.1, 0.15) is 23.5 Å². The quantitative estimate of drug-likeness (QED) is 0.164. The number of aliphatic hydroxyl groups excluding tert-OH is 1. The molecule has 0 spiro atoms. The second kappa shape index (κ2) is 16.1. The van der Waals surface area contributed by atoms with E-state index in [4.69, 9.17) is 4.74 Å². The molecule has 0 saturated heterocycles. The van der Waals surface area contributed by atoms with Crippen LogP contribution in [0.15, 0.2) is 79.0 Å². The second-order valence-electron chi connectivity index (χ2n) is 11.5. The fraction of sp³-hybridized carbons (Fsp3) is 0.324. The molecule has 0 aliphatic rings. The number of aryl methyl sites for hydroxylation is 1. The van der Waals surface area contributed by atoms with Crippen molar-refractivity contribution in [2.45, 2.75) is 58.6 Å². The van der Waals surface area contributed by atoms with Gasteiger partial charge in [-0.05, 0) is 103 Å². The predicted molar refractivity (Wildman–Crippen MR) is 174 cm³/mol. The highest BCUT2D eigenvalue weighted by Crippen LogP contribution is 2.23. The molecule has 0 saturated carbocycles. The van der Waals surface area contributed by atoms with Crippen molar-refractivity contribution in [3.05, 3.63) is 130 Å². The van der Waals surface area contributed by atoms with E-state index in [9.17, 15) is 23.5 Å². The highest BCUT2D eigenvalue weighted by atomic mass is 19.1. The van der Waals surface area contributed by atoms with Crippen LogP contribution in [0.5, 0.6) is 5.75 Å². The molecule has 0 aliphatic heterocycles. The molecular formula is C37H41F2N3O4. The van der Waals surface area contributed by atoms with E-state index in [-0.39, 0.29) is 29.1 Å². The number of amides is 2. The number of methoxy groups -OCH3 is 1. The van der Waals surface area contributed by atoms with Crippen molar-refractivity contribution >= 4 is 11.8 Å². The summed E-state index contributed by atoms with van der Waals surface area (Å²) in [5.41, 5.74) is 3.81. The molecule has 9 heteroatoms. The Balaban J connectivity index is 1.60. The first-order valence-electron chi connectivity index (χ1n) is 15.5. The number of ether oxygens (including phenoxy) is 1. The molecule has 1 heterocycles. The van der Waals surface area contributed by atoms with Crippen LogP contribution in [0.1, 0.15) is 81.5 Å². The number of benzene rings is 3. The molecule has 0 fully saturated rings. The second-order valence-corrected chi connectivity index (χ2v) is 11.5. The molecule has 7 nitrogen and oxygen atoms in total. The third-order valence-electron chi connectivity index (χ3n) is 7.63. The van der Waals surface area contributed by atoms with Crippen LogP contribution in [0.3, 0.4) is 0 Å². The summed E-state index contributed by atoms with van der Waals surface area (Å²) in [4.78, 5) is 33.2. The molecule has 3 aromatic carbocycles. The summed E-state index contributed by atoms with van der Waals surface area (Å²) < 4.78 is 33.5. The molecule has 0 bridgehead atoms. The van der Waals surface area contributed by atoms with Gasteiger partial charge in [0, 0.05) is 36.5 Å². The number of carbonyl (C=O) groups excluding carboxylic acids is 2. The van der Waals surface area contributed by atoms with Gasteiger partial charge in [-0.2, -0.15) is 0 Å². The maximum Gasteiger partial charge on any atom is 0.253 e. The van der Waals surface area contributed by atoms with Crippen molar-refractivity contribution in [1.29, 1.82) is 0 Å². The van der Waals surface area contributed by atoms with Crippen molar-refractivity contribution in [3.63, 3.8) is 0 Å². The van der Waals surface area contributed by atoms with Crippen molar-refractivity contribution < 1.29 is 28.2 Å². The molecule has 4 rings (SSSR count). The molecule has 242 valence electrons. The third-order valence-corrected chi connectivity index (χ3v) is 7.63. The van der Waals surface area contributed by atoms with Crippen LogP contribution in [0.2, 0.25) is 0 Å². The SMILES string of the molecule is CCCN(CCC)C(=O)c1cc(C)cc(C(=O)N[C@@H](Cc2cc(F)cc(F)c2)C(O)c2ccc(Cc3cccc(OC)c3)cn2)c1. The van der Waals surface area contributed by atoms with Crippen LogP contribution in [0.25, 0.3) is 0 Å². The lowest BCUT2D eigenvalue weighted by Crippen LogP contribution is -2.41. The Kier molecular flexibility index (Phi) is 12.0. The first-order chi connectivity index (χ1) is 22.1. The van der Waals surface area contributed by atoms with E-state index in [1.54, 1.807) is 49.4 Å². The van der Waals surface area contributed by atoms with Crippen LogP contribution in [0.4, 0.5) is 8.78 Å². The average molecular weight is 630 g/mol. The fourth-order valence-electron chi connectivity index (χ4n) is 5.49. The highest BCUT2D eigenvalue weighted by Gasteiger charge is 2.26. The predicted octanol–water partition coefficient (Wildman–Crippen LogP) is 6.60. The smallest absolute Gasteiger partial charge is 0.253 e. The van der Waals surface area contributed by atoms with E-state index in [0.29, 0.717) is 25.1 Å². The molecule has 2 N–H and O–H groups in total. The zero-order chi connectivity index (χ0) is 33.2. The number of nitrogens with zero attached hydrogens (tertiary/aromatic N) is 2. The number of hydrogen-bond acceptors (Lipinski definition) is 5. The van der Waals surface area contributed by atoms with Gasteiger partial charge in [0.05, 0.1) is 18.8 Å². The Labute approximate surface area is 269 Å². The summed E-state index contributed by atoms with van der Waals surface area (Å²) in [5, 5.41) is 14.3. The van der Waals surface area contributed by atoms with Crippen LogP contribution in [-0.2, 0) is 12.8 Å². The van der Waals surface area contributed by atoms with Gasteiger partial charge in [0.2, 0.25) is 0 Å². The van der Waals surface area contributed by atoms with Crippen LogP contribution >= 0.6 is 0 Å². The summed E-state index contributed by atoms with van der Waals surface area (Å²) in [7, 11) is 1.61. The Morgan fingerprint density at radius 3 is 2.22 bits per heavy atom. The number of nitrogens with one attached hydrogen (secondary N) is 1. The number of hydrogen-bond donors (Lipinski definition) is 2. The van der Waals surface area contributed by atoms with E-state index in [1.807, 2.05) is 44.2 Å². The van der Waals surface area contributed by atoms with E-state index < -0.39 is 29.7 Å². The van der Waals surface area contributed by atoms with Crippen molar-refractivity contribution in [2.75, 3.05) is 20.2 Å². The number of aliphatic hydroxyl groups is 1. The molecule has 2 amide bonds.